The fraction of sp³-hybridized carbons (Fsp3) is 0.300. The van der Waals surface area contributed by atoms with Crippen molar-refractivity contribution in [3.63, 3.8) is 0 Å². The van der Waals surface area contributed by atoms with Crippen molar-refractivity contribution in [2.24, 2.45) is 0 Å². The van der Waals surface area contributed by atoms with Crippen molar-refractivity contribution in [3.8, 4) is 5.75 Å². The molecule has 2 saturated heterocycles. The van der Waals surface area contributed by atoms with E-state index in [4.69, 9.17) is 47.4 Å². The van der Waals surface area contributed by atoms with Gasteiger partial charge in [-0.15, -0.1) is 0 Å². The summed E-state index contributed by atoms with van der Waals surface area (Å²) in [7, 11) is 0. The summed E-state index contributed by atoms with van der Waals surface area (Å²) < 4.78 is 68.6. The van der Waals surface area contributed by atoms with Crippen LogP contribution in [0.25, 0.3) is 0 Å². The Hall–Kier alpha value is -6.06. The predicted molar refractivity (Wildman–Crippen MR) is 268 cm³/mol. The lowest BCUT2D eigenvalue weighted by atomic mass is 9.96. The third kappa shape index (κ3) is 14.3. The SMILES string of the molecule is OC[C@H]1O[C@H](OC[C@H]2O[C@H](Oc3ccccc3)[C@@H](OCc3ccccc3)[C@@H](OCc3ccccc3)[C@@H]2OCc2ccccc2)[C@@H](OCc2ccccc2)[C@@H](OCc2ccccc2)[C@@H]1OCc1ccccc1. The van der Waals surface area contributed by atoms with Gasteiger partial charge in [0.05, 0.1) is 52.9 Å². The minimum absolute atomic E-state index is 0.0698. The highest BCUT2D eigenvalue weighted by Gasteiger charge is 2.52. The molecule has 2 heterocycles. The van der Waals surface area contributed by atoms with Gasteiger partial charge in [-0.05, 0) is 45.5 Å². The highest BCUT2D eigenvalue weighted by atomic mass is 16.8. The Labute approximate surface area is 416 Å². The minimum Gasteiger partial charge on any atom is -0.462 e. The van der Waals surface area contributed by atoms with Crippen molar-refractivity contribution in [1.82, 2.24) is 0 Å². The minimum atomic E-state index is -1.07. The standard InChI is InChI=1S/C60H62O11/c61-36-51-53(62-37-44-22-8-1-9-23-44)55(64-39-46-26-12-3-13-27-46)57(66-41-48-30-16-5-17-31-48)59(70-51)68-43-52-54(63-38-45-24-10-2-11-25-45)56(65-40-47-28-14-4-15-29-47)58(67-42-49-32-18-6-19-33-49)60(71-52)69-50-34-20-7-21-35-50/h1-35,51-61H,36-43H2/t51-,52-,53-,54-,55+,56+,57+,58+,59+,60+/m1/s1. The molecule has 0 unspecified atom stereocenters. The second-order valence-electron chi connectivity index (χ2n) is 17.6. The van der Waals surface area contributed by atoms with Crippen LogP contribution >= 0.6 is 0 Å². The maximum absolute atomic E-state index is 11.1. The lowest BCUT2D eigenvalue weighted by Crippen LogP contribution is -2.64. The molecule has 0 aromatic heterocycles. The molecular formula is C60H62O11. The maximum Gasteiger partial charge on any atom is 0.229 e. The van der Waals surface area contributed by atoms with Crippen LogP contribution in [-0.4, -0.2) is 79.7 Å². The van der Waals surface area contributed by atoms with Crippen molar-refractivity contribution >= 4 is 0 Å². The highest BCUT2D eigenvalue weighted by molar-refractivity contribution is 5.22. The molecule has 0 amide bonds. The second-order valence-corrected chi connectivity index (χ2v) is 17.6. The summed E-state index contributed by atoms with van der Waals surface area (Å²) in [6.07, 6.45) is -8.36. The first-order valence-corrected chi connectivity index (χ1v) is 24.3. The summed E-state index contributed by atoms with van der Waals surface area (Å²) in [6, 6.07) is 69.2. The summed E-state index contributed by atoms with van der Waals surface area (Å²) in [5, 5.41) is 11.1. The Kier molecular flexibility index (Phi) is 18.6. The topological polar surface area (TPSA) is 113 Å². The van der Waals surface area contributed by atoms with Gasteiger partial charge >= 0.3 is 0 Å². The average molecular weight is 959 g/mol. The van der Waals surface area contributed by atoms with E-state index in [-0.39, 0.29) is 52.9 Å². The van der Waals surface area contributed by atoms with Crippen LogP contribution in [0.4, 0.5) is 0 Å². The molecule has 0 radical (unpaired) electrons. The van der Waals surface area contributed by atoms with Gasteiger partial charge in [0.25, 0.3) is 0 Å². The van der Waals surface area contributed by atoms with Gasteiger partial charge in [-0.25, -0.2) is 0 Å². The van der Waals surface area contributed by atoms with Crippen molar-refractivity contribution in [2.45, 2.75) is 101 Å². The van der Waals surface area contributed by atoms with Gasteiger partial charge in [-0.1, -0.05) is 200 Å². The highest BCUT2D eigenvalue weighted by Crippen LogP contribution is 2.35. The molecule has 2 fully saturated rings. The zero-order valence-electron chi connectivity index (χ0n) is 39.7. The molecule has 7 aromatic rings. The van der Waals surface area contributed by atoms with E-state index in [0.717, 1.165) is 33.4 Å². The summed E-state index contributed by atoms with van der Waals surface area (Å²) in [6.45, 7) is 1.05. The normalized spacial score (nSPS) is 24.3. The monoisotopic (exact) mass is 958 g/mol. The fourth-order valence-corrected chi connectivity index (χ4v) is 8.82. The third-order valence-corrected chi connectivity index (χ3v) is 12.5. The molecule has 2 aliphatic rings. The van der Waals surface area contributed by atoms with Crippen molar-refractivity contribution in [3.05, 3.63) is 246 Å². The zero-order chi connectivity index (χ0) is 48.3. The molecule has 368 valence electrons. The van der Waals surface area contributed by atoms with E-state index in [0.29, 0.717) is 5.75 Å². The Balaban J connectivity index is 1.06. The first-order chi connectivity index (χ1) is 35.2. The molecule has 0 spiro atoms. The van der Waals surface area contributed by atoms with Crippen LogP contribution in [0.2, 0.25) is 0 Å². The van der Waals surface area contributed by atoms with E-state index in [9.17, 15) is 5.11 Å². The van der Waals surface area contributed by atoms with Crippen LogP contribution in [0, 0.1) is 0 Å². The zero-order valence-corrected chi connectivity index (χ0v) is 39.7. The first-order valence-electron chi connectivity index (χ1n) is 24.3. The maximum atomic E-state index is 11.1. The molecule has 0 bridgehead atoms. The van der Waals surface area contributed by atoms with Crippen molar-refractivity contribution in [2.75, 3.05) is 13.2 Å². The molecule has 10 atom stereocenters. The molecule has 71 heavy (non-hydrogen) atoms. The lowest BCUT2D eigenvalue weighted by Gasteiger charge is -2.47. The van der Waals surface area contributed by atoms with Crippen molar-refractivity contribution < 1.29 is 52.5 Å². The number of hydrogen-bond acceptors (Lipinski definition) is 11. The van der Waals surface area contributed by atoms with Gasteiger partial charge in [-0.3, -0.25) is 0 Å². The van der Waals surface area contributed by atoms with Gasteiger partial charge in [0, 0.05) is 0 Å². The van der Waals surface area contributed by atoms with E-state index < -0.39 is 61.4 Å². The van der Waals surface area contributed by atoms with E-state index in [1.54, 1.807) is 0 Å². The number of aliphatic hydroxyl groups is 1. The number of rotatable bonds is 24. The smallest absolute Gasteiger partial charge is 0.229 e. The van der Waals surface area contributed by atoms with Gasteiger partial charge in [0.2, 0.25) is 6.29 Å². The molecule has 7 aromatic carbocycles. The van der Waals surface area contributed by atoms with Crippen molar-refractivity contribution in [1.29, 1.82) is 0 Å². The quantitative estimate of drug-likeness (QED) is 0.0625. The predicted octanol–water partition coefficient (Wildman–Crippen LogP) is 10.0. The summed E-state index contributed by atoms with van der Waals surface area (Å²) >= 11 is 0. The number of aliphatic hydroxyl groups excluding tert-OH is 1. The summed E-state index contributed by atoms with van der Waals surface area (Å²) in [4.78, 5) is 0. The number of ether oxygens (including phenoxy) is 10. The van der Waals surface area contributed by atoms with Crippen LogP contribution in [0.5, 0.6) is 5.75 Å². The molecule has 11 nitrogen and oxygen atoms in total. The van der Waals surface area contributed by atoms with Crippen LogP contribution in [0.1, 0.15) is 33.4 Å². The summed E-state index contributed by atoms with van der Waals surface area (Å²) in [5.41, 5.74) is 5.79. The molecule has 11 heteroatoms. The fourth-order valence-electron chi connectivity index (χ4n) is 8.82. The van der Waals surface area contributed by atoms with Crippen LogP contribution in [-0.2, 0) is 82.3 Å². The Morgan fingerprint density at radius 3 is 0.930 bits per heavy atom. The van der Waals surface area contributed by atoms with E-state index >= 15 is 0 Å². The third-order valence-electron chi connectivity index (χ3n) is 12.5. The van der Waals surface area contributed by atoms with Crippen LogP contribution in [0.15, 0.2) is 212 Å². The molecule has 0 aliphatic carbocycles. The molecule has 2 aliphatic heterocycles. The van der Waals surface area contributed by atoms with Gasteiger partial charge < -0.3 is 52.5 Å². The van der Waals surface area contributed by atoms with E-state index in [1.807, 2.05) is 212 Å². The van der Waals surface area contributed by atoms with Crippen LogP contribution < -0.4 is 4.74 Å². The summed E-state index contributed by atoms with van der Waals surface area (Å²) in [5.74, 6) is 0.590. The number of benzene rings is 7. The molecular weight excluding hydrogens is 897 g/mol. The molecule has 1 N–H and O–H groups in total. The van der Waals surface area contributed by atoms with Gasteiger partial charge in [0.15, 0.2) is 6.29 Å². The molecule has 9 rings (SSSR count). The van der Waals surface area contributed by atoms with E-state index in [1.165, 1.54) is 0 Å². The largest absolute Gasteiger partial charge is 0.462 e. The van der Waals surface area contributed by atoms with E-state index in [2.05, 4.69) is 0 Å². The Bertz CT molecular complexity index is 2530. The lowest BCUT2D eigenvalue weighted by molar-refractivity contribution is -0.345. The first kappa shape index (κ1) is 49.9. The number of para-hydroxylation sites is 1. The Morgan fingerprint density at radius 2 is 0.577 bits per heavy atom. The average Bonchev–Trinajstić information content (AvgIpc) is 3.43. The van der Waals surface area contributed by atoms with Crippen LogP contribution in [0.3, 0.4) is 0 Å². The van der Waals surface area contributed by atoms with Gasteiger partial charge in [-0.2, -0.15) is 0 Å². The second kappa shape index (κ2) is 26.4. The number of hydrogen-bond donors (Lipinski definition) is 1. The molecule has 0 saturated carbocycles. The van der Waals surface area contributed by atoms with Gasteiger partial charge in [0.1, 0.15) is 54.6 Å². The Morgan fingerprint density at radius 1 is 0.296 bits per heavy atom.